The van der Waals surface area contributed by atoms with Crippen LogP contribution in [0.3, 0.4) is 0 Å². The number of rotatable bonds is 5. The smallest absolute Gasteiger partial charge is 0.238 e. The first-order valence-electron chi connectivity index (χ1n) is 10.2. The van der Waals surface area contributed by atoms with Gasteiger partial charge in [-0.25, -0.2) is 9.97 Å². The summed E-state index contributed by atoms with van der Waals surface area (Å²) in [4.78, 5) is 13.9. The van der Waals surface area contributed by atoms with Crippen molar-refractivity contribution in [2.45, 2.75) is 45.6 Å². The van der Waals surface area contributed by atoms with E-state index in [4.69, 9.17) is 14.5 Å². The molecule has 0 saturated carbocycles. The monoisotopic (exact) mass is 392 g/mol. The van der Waals surface area contributed by atoms with E-state index in [1.165, 1.54) is 0 Å². The van der Waals surface area contributed by atoms with E-state index in [2.05, 4.69) is 41.5 Å². The summed E-state index contributed by atoms with van der Waals surface area (Å²) < 4.78 is 13.6. The highest BCUT2D eigenvalue weighted by Gasteiger charge is 2.25. The lowest BCUT2D eigenvalue weighted by molar-refractivity contribution is 0.0608. The molecule has 3 aromatic rings. The molecule has 4 rings (SSSR count). The van der Waals surface area contributed by atoms with Gasteiger partial charge in [0.25, 0.3) is 0 Å². The van der Waals surface area contributed by atoms with Crippen molar-refractivity contribution in [1.29, 1.82) is 0 Å². The molecule has 0 bridgehead atoms. The Balaban J connectivity index is 1.61. The van der Waals surface area contributed by atoms with E-state index in [1.807, 2.05) is 30.3 Å². The van der Waals surface area contributed by atoms with E-state index in [9.17, 15) is 0 Å². The van der Waals surface area contributed by atoms with E-state index in [1.54, 1.807) is 12.4 Å². The largest absolute Gasteiger partial charge is 0.437 e. The fourth-order valence-corrected chi connectivity index (χ4v) is 3.61. The Bertz CT molecular complexity index is 941. The highest BCUT2D eigenvalue weighted by molar-refractivity contribution is 5.53. The van der Waals surface area contributed by atoms with E-state index in [0.29, 0.717) is 11.8 Å². The standard InChI is InChI=1S/C23H28N4O2/c1-23(2,3)22-26-20(16-27(22)15-17-9-11-28-12-10-17)19-13-24-14-21(25-19)29-18-7-5-4-6-8-18/h4-8,13-14,16-17H,9-12,15H2,1-3H3. The number of benzene rings is 1. The highest BCUT2D eigenvalue weighted by Crippen LogP contribution is 2.29. The SMILES string of the molecule is CC(C)(C)c1nc(-c2cncc(Oc3ccccc3)n2)cn1CC1CCOCC1. The summed E-state index contributed by atoms with van der Waals surface area (Å²) in [5.74, 6) is 2.88. The first-order valence-corrected chi connectivity index (χ1v) is 10.2. The van der Waals surface area contributed by atoms with Crippen LogP contribution in [0.1, 0.15) is 39.4 Å². The molecule has 0 radical (unpaired) electrons. The zero-order valence-electron chi connectivity index (χ0n) is 17.3. The second-order valence-corrected chi connectivity index (χ2v) is 8.57. The van der Waals surface area contributed by atoms with Gasteiger partial charge in [0.2, 0.25) is 5.88 Å². The van der Waals surface area contributed by atoms with Crippen molar-refractivity contribution in [2.75, 3.05) is 13.2 Å². The minimum atomic E-state index is -0.0605. The van der Waals surface area contributed by atoms with Crippen LogP contribution in [0.4, 0.5) is 0 Å². The molecule has 1 saturated heterocycles. The third kappa shape index (κ3) is 4.82. The molecule has 2 aromatic heterocycles. The van der Waals surface area contributed by atoms with Crippen molar-refractivity contribution >= 4 is 0 Å². The Kier molecular flexibility index (Phi) is 5.62. The first-order chi connectivity index (χ1) is 14.0. The van der Waals surface area contributed by atoms with Crippen molar-refractivity contribution in [3.63, 3.8) is 0 Å². The molecule has 3 heterocycles. The maximum absolute atomic E-state index is 5.84. The third-order valence-electron chi connectivity index (χ3n) is 5.08. The molecule has 152 valence electrons. The molecule has 0 unspecified atom stereocenters. The van der Waals surface area contributed by atoms with E-state index < -0.39 is 0 Å². The molecule has 1 aliphatic rings. The maximum atomic E-state index is 5.84. The lowest BCUT2D eigenvalue weighted by Gasteiger charge is -2.25. The predicted molar refractivity (Wildman–Crippen MR) is 112 cm³/mol. The van der Waals surface area contributed by atoms with Gasteiger partial charge in [0.15, 0.2) is 0 Å². The average Bonchev–Trinajstić information content (AvgIpc) is 3.14. The summed E-state index contributed by atoms with van der Waals surface area (Å²) in [5.41, 5.74) is 1.48. The van der Waals surface area contributed by atoms with Crippen LogP contribution in [0.5, 0.6) is 11.6 Å². The van der Waals surface area contributed by atoms with E-state index in [-0.39, 0.29) is 5.41 Å². The number of nitrogens with zero attached hydrogens (tertiary/aromatic N) is 4. The molecule has 0 atom stereocenters. The second-order valence-electron chi connectivity index (χ2n) is 8.57. The first kappa shape index (κ1) is 19.6. The molecule has 1 fully saturated rings. The molecule has 6 heteroatoms. The summed E-state index contributed by atoms with van der Waals surface area (Å²) >= 11 is 0. The number of para-hydroxylation sites is 1. The van der Waals surface area contributed by atoms with Crippen molar-refractivity contribution in [3.8, 4) is 23.0 Å². The summed E-state index contributed by atoms with van der Waals surface area (Å²) in [5, 5.41) is 0. The van der Waals surface area contributed by atoms with Crippen LogP contribution in [-0.2, 0) is 16.7 Å². The van der Waals surface area contributed by atoms with Crippen LogP contribution in [0, 0.1) is 5.92 Å². The van der Waals surface area contributed by atoms with Crippen molar-refractivity contribution < 1.29 is 9.47 Å². The minimum Gasteiger partial charge on any atom is -0.437 e. The quantitative estimate of drug-likeness (QED) is 0.621. The van der Waals surface area contributed by atoms with Gasteiger partial charge in [-0.15, -0.1) is 0 Å². The normalized spacial score (nSPS) is 15.4. The van der Waals surface area contributed by atoms with Gasteiger partial charge >= 0.3 is 0 Å². The molecular formula is C23H28N4O2. The summed E-state index contributed by atoms with van der Waals surface area (Å²) in [7, 11) is 0. The van der Waals surface area contributed by atoms with Crippen LogP contribution in [-0.4, -0.2) is 32.7 Å². The zero-order valence-corrected chi connectivity index (χ0v) is 17.3. The third-order valence-corrected chi connectivity index (χ3v) is 5.08. The maximum Gasteiger partial charge on any atom is 0.238 e. The van der Waals surface area contributed by atoms with Gasteiger partial charge in [0.05, 0.1) is 12.4 Å². The molecule has 6 nitrogen and oxygen atoms in total. The Morgan fingerprint density at radius 1 is 1.03 bits per heavy atom. The molecule has 0 aliphatic carbocycles. The molecule has 0 spiro atoms. The minimum absolute atomic E-state index is 0.0605. The lowest BCUT2D eigenvalue weighted by atomic mass is 9.94. The Hall–Kier alpha value is -2.73. The number of aromatic nitrogens is 4. The lowest BCUT2D eigenvalue weighted by Crippen LogP contribution is -2.24. The predicted octanol–water partition coefficient (Wildman–Crippen LogP) is 4.86. The van der Waals surface area contributed by atoms with Crippen LogP contribution < -0.4 is 4.74 Å². The Labute approximate surface area is 171 Å². The molecule has 1 aromatic carbocycles. The van der Waals surface area contributed by atoms with E-state index in [0.717, 1.165) is 55.6 Å². The Morgan fingerprint density at radius 3 is 2.52 bits per heavy atom. The number of hydrogen-bond acceptors (Lipinski definition) is 5. The Morgan fingerprint density at radius 2 is 1.79 bits per heavy atom. The van der Waals surface area contributed by atoms with Crippen LogP contribution >= 0.6 is 0 Å². The van der Waals surface area contributed by atoms with Gasteiger partial charge in [-0.3, -0.25) is 4.98 Å². The summed E-state index contributed by atoms with van der Waals surface area (Å²) in [6.07, 6.45) is 7.66. The second kappa shape index (κ2) is 8.33. The summed E-state index contributed by atoms with van der Waals surface area (Å²) in [6, 6.07) is 9.61. The van der Waals surface area contributed by atoms with E-state index >= 15 is 0 Å². The fraction of sp³-hybridized carbons (Fsp3) is 0.435. The van der Waals surface area contributed by atoms with Crippen LogP contribution in [0.2, 0.25) is 0 Å². The van der Waals surface area contributed by atoms with Gasteiger partial charge < -0.3 is 14.0 Å². The number of hydrogen-bond donors (Lipinski definition) is 0. The van der Waals surface area contributed by atoms with Gasteiger partial charge in [-0.1, -0.05) is 39.0 Å². The zero-order chi connectivity index (χ0) is 20.3. The molecular weight excluding hydrogens is 364 g/mol. The van der Waals surface area contributed by atoms with Gasteiger partial charge in [0, 0.05) is 31.4 Å². The van der Waals surface area contributed by atoms with Gasteiger partial charge in [0.1, 0.15) is 23.0 Å². The topological polar surface area (TPSA) is 62.1 Å². The van der Waals surface area contributed by atoms with Crippen LogP contribution in [0.15, 0.2) is 48.9 Å². The van der Waals surface area contributed by atoms with Crippen LogP contribution in [0.25, 0.3) is 11.4 Å². The summed E-state index contributed by atoms with van der Waals surface area (Å²) in [6.45, 7) is 9.24. The fourth-order valence-electron chi connectivity index (χ4n) is 3.61. The van der Waals surface area contributed by atoms with Crippen molar-refractivity contribution in [2.24, 2.45) is 5.92 Å². The molecule has 0 N–H and O–H groups in total. The average molecular weight is 393 g/mol. The number of ether oxygens (including phenoxy) is 2. The molecule has 29 heavy (non-hydrogen) atoms. The van der Waals surface area contributed by atoms with Crippen molar-refractivity contribution in [3.05, 3.63) is 54.7 Å². The molecule has 1 aliphatic heterocycles. The van der Waals surface area contributed by atoms with Crippen molar-refractivity contribution in [1.82, 2.24) is 19.5 Å². The molecule has 0 amide bonds. The number of imidazole rings is 1. The van der Waals surface area contributed by atoms with Gasteiger partial charge in [-0.2, -0.15) is 0 Å². The van der Waals surface area contributed by atoms with Gasteiger partial charge in [-0.05, 0) is 30.9 Å². The highest BCUT2D eigenvalue weighted by atomic mass is 16.5.